The molecule has 0 unspecified atom stereocenters. The smallest absolute Gasteiger partial charge is 0.274 e. The van der Waals surface area contributed by atoms with Gasteiger partial charge in [-0.25, -0.2) is 0 Å². The van der Waals surface area contributed by atoms with E-state index in [1.54, 1.807) is 13.2 Å². The number of hydrogen-bond donors (Lipinski definition) is 1. The lowest BCUT2D eigenvalue weighted by molar-refractivity contribution is 0.0453. The number of H-pyrrole nitrogens is 1. The molecule has 6 heteroatoms. The molecular weight excluding hydrogens is 318 g/mol. The first-order valence-corrected chi connectivity index (χ1v) is 8.23. The Morgan fingerprint density at radius 2 is 2.20 bits per heavy atom. The molecule has 1 aromatic carbocycles. The van der Waals surface area contributed by atoms with Gasteiger partial charge in [0.1, 0.15) is 17.2 Å². The highest BCUT2D eigenvalue weighted by molar-refractivity contribution is 5.94. The molecule has 128 valence electrons. The number of likely N-dealkylation sites (tertiary alicyclic amines) is 1. The van der Waals surface area contributed by atoms with Gasteiger partial charge in [-0.2, -0.15) is 5.10 Å². The van der Waals surface area contributed by atoms with Crippen LogP contribution in [0, 0.1) is 6.92 Å². The Kier molecular flexibility index (Phi) is 3.80. The number of aryl methyl sites for hydroxylation is 1. The van der Waals surface area contributed by atoms with Crippen molar-refractivity contribution in [3.05, 3.63) is 59.5 Å². The normalized spacial score (nSPS) is 16.6. The van der Waals surface area contributed by atoms with Crippen LogP contribution >= 0.6 is 0 Å². The van der Waals surface area contributed by atoms with Crippen LogP contribution in [0.1, 0.15) is 34.3 Å². The Morgan fingerprint density at radius 1 is 1.32 bits per heavy atom. The molecule has 1 aliphatic rings. The zero-order valence-electron chi connectivity index (χ0n) is 14.2. The van der Waals surface area contributed by atoms with E-state index < -0.39 is 0 Å². The van der Waals surface area contributed by atoms with Crippen molar-refractivity contribution in [1.29, 1.82) is 0 Å². The van der Waals surface area contributed by atoms with Crippen molar-refractivity contribution < 1.29 is 13.9 Å². The summed E-state index contributed by atoms with van der Waals surface area (Å²) in [5.74, 6) is 2.22. The minimum atomic E-state index is -0.0788. The lowest BCUT2D eigenvalue weighted by atomic mass is 9.94. The van der Waals surface area contributed by atoms with Crippen LogP contribution in [0.4, 0.5) is 0 Å². The van der Waals surface area contributed by atoms with E-state index in [4.69, 9.17) is 9.15 Å². The van der Waals surface area contributed by atoms with E-state index in [0.717, 1.165) is 30.0 Å². The van der Waals surface area contributed by atoms with E-state index in [1.165, 1.54) is 0 Å². The second-order valence-electron chi connectivity index (χ2n) is 6.16. The SMILES string of the molecule is COc1cccc([C@@H]2CCN2C(=O)c2cc(-c3ccc(C)o3)[nH]n2)c1. The summed E-state index contributed by atoms with van der Waals surface area (Å²) in [6, 6.07) is 13.4. The molecule has 1 atom stereocenters. The molecule has 1 fully saturated rings. The minimum absolute atomic E-state index is 0.0635. The molecule has 0 radical (unpaired) electrons. The highest BCUT2D eigenvalue weighted by Gasteiger charge is 2.35. The molecule has 0 bridgehead atoms. The summed E-state index contributed by atoms with van der Waals surface area (Å²) < 4.78 is 10.8. The maximum absolute atomic E-state index is 12.8. The van der Waals surface area contributed by atoms with Crippen LogP contribution in [-0.4, -0.2) is 34.7 Å². The Labute approximate surface area is 145 Å². The fourth-order valence-corrected chi connectivity index (χ4v) is 3.11. The molecule has 0 aliphatic carbocycles. The van der Waals surface area contributed by atoms with Gasteiger partial charge in [0.2, 0.25) is 0 Å². The molecule has 3 heterocycles. The highest BCUT2D eigenvalue weighted by Crippen LogP contribution is 2.36. The number of methoxy groups -OCH3 is 1. The molecule has 25 heavy (non-hydrogen) atoms. The van der Waals surface area contributed by atoms with Crippen molar-refractivity contribution in [2.24, 2.45) is 0 Å². The standard InChI is InChI=1S/C19H19N3O3/c1-12-6-7-18(25-12)15-11-16(21-20-15)19(23)22-9-8-17(22)13-4-3-5-14(10-13)24-2/h3-7,10-11,17H,8-9H2,1-2H3,(H,20,21)/t17-/m0/s1. The van der Waals surface area contributed by atoms with Crippen molar-refractivity contribution in [1.82, 2.24) is 15.1 Å². The second-order valence-corrected chi connectivity index (χ2v) is 6.16. The first-order chi connectivity index (χ1) is 12.2. The van der Waals surface area contributed by atoms with E-state index in [0.29, 0.717) is 17.1 Å². The zero-order valence-corrected chi connectivity index (χ0v) is 14.2. The third kappa shape index (κ3) is 2.80. The van der Waals surface area contributed by atoms with Gasteiger partial charge in [-0.3, -0.25) is 9.89 Å². The van der Waals surface area contributed by atoms with Crippen LogP contribution in [0.5, 0.6) is 5.75 Å². The summed E-state index contributed by atoms with van der Waals surface area (Å²) >= 11 is 0. The zero-order chi connectivity index (χ0) is 17.4. The lowest BCUT2D eigenvalue weighted by Crippen LogP contribution is -2.45. The van der Waals surface area contributed by atoms with Crippen LogP contribution in [0.3, 0.4) is 0 Å². The summed E-state index contributed by atoms with van der Waals surface area (Å²) in [5, 5.41) is 7.05. The van der Waals surface area contributed by atoms with Crippen molar-refractivity contribution >= 4 is 5.91 Å². The highest BCUT2D eigenvalue weighted by atomic mass is 16.5. The predicted octanol–water partition coefficient (Wildman–Crippen LogP) is 3.57. The topological polar surface area (TPSA) is 71.4 Å². The number of carbonyl (C=O) groups is 1. The molecule has 1 amide bonds. The molecule has 1 saturated heterocycles. The number of benzene rings is 1. The average Bonchev–Trinajstić information content (AvgIpc) is 3.23. The largest absolute Gasteiger partial charge is 0.497 e. The molecule has 0 spiro atoms. The number of aromatic nitrogens is 2. The summed E-state index contributed by atoms with van der Waals surface area (Å²) in [5.41, 5.74) is 2.18. The second kappa shape index (κ2) is 6.12. The van der Waals surface area contributed by atoms with Gasteiger partial charge in [0, 0.05) is 12.6 Å². The Balaban J connectivity index is 1.54. The molecule has 6 nitrogen and oxygen atoms in total. The van der Waals surface area contributed by atoms with Crippen LogP contribution in [0.2, 0.25) is 0 Å². The number of nitrogens with one attached hydrogen (secondary N) is 1. The predicted molar refractivity (Wildman–Crippen MR) is 92.4 cm³/mol. The summed E-state index contributed by atoms with van der Waals surface area (Å²) in [6.45, 7) is 2.60. The molecule has 0 saturated carbocycles. The number of rotatable bonds is 4. The van der Waals surface area contributed by atoms with Crippen molar-refractivity contribution in [3.8, 4) is 17.2 Å². The van der Waals surface area contributed by atoms with Gasteiger partial charge in [-0.05, 0) is 43.2 Å². The minimum Gasteiger partial charge on any atom is -0.497 e. The van der Waals surface area contributed by atoms with E-state index in [2.05, 4.69) is 10.2 Å². The van der Waals surface area contributed by atoms with Crippen molar-refractivity contribution in [2.45, 2.75) is 19.4 Å². The first kappa shape index (κ1) is 15.5. The van der Waals surface area contributed by atoms with Crippen molar-refractivity contribution in [3.63, 3.8) is 0 Å². The van der Waals surface area contributed by atoms with Gasteiger partial charge in [0.05, 0.1) is 13.2 Å². The number of aromatic amines is 1. The van der Waals surface area contributed by atoms with Crippen LogP contribution in [0.25, 0.3) is 11.5 Å². The van der Waals surface area contributed by atoms with Gasteiger partial charge >= 0.3 is 0 Å². The Morgan fingerprint density at radius 3 is 2.88 bits per heavy atom. The lowest BCUT2D eigenvalue weighted by Gasteiger charge is -2.41. The molecule has 1 aliphatic heterocycles. The van der Waals surface area contributed by atoms with E-state index in [1.807, 2.05) is 48.2 Å². The maximum atomic E-state index is 12.8. The summed E-state index contributed by atoms with van der Waals surface area (Å²) in [7, 11) is 1.64. The van der Waals surface area contributed by atoms with Gasteiger partial charge in [0.15, 0.2) is 11.5 Å². The number of hydrogen-bond acceptors (Lipinski definition) is 4. The number of ether oxygens (including phenoxy) is 1. The van der Waals surface area contributed by atoms with Crippen LogP contribution in [-0.2, 0) is 0 Å². The van der Waals surface area contributed by atoms with Gasteiger partial charge in [0.25, 0.3) is 5.91 Å². The molecule has 4 rings (SSSR count). The quantitative estimate of drug-likeness (QED) is 0.790. The number of nitrogens with zero attached hydrogens (tertiary/aromatic N) is 2. The van der Waals surface area contributed by atoms with Gasteiger partial charge in [-0.1, -0.05) is 12.1 Å². The monoisotopic (exact) mass is 337 g/mol. The third-order valence-electron chi connectivity index (χ3n) is 4.56. The molecule has 3 aromatic rings. The molecular formula is C19H19N3O3. The molecule has 1 N–H and O–H groups in total. The van der Waals surface area contributed by atoms with Crippen LogP contribution in [0.15, 0.2) is 46.9 Å². The first-order valence-electron chi connectivity index (χ1n) is 8.23. The van der Waals surface area contributed by atoms with E-state index >= 15 is 0 Å². The van der Waals surface area contributed by atoms with Crippen molar-refractivity contribution in [2.75, 3.05) is 13.7 Å². The summed E-state index contributed by atoms with van der Waals surface area (Å²) in [4.78, 5) is 14.6. The van der Waals surface area contributed by atoms with E-state index in [9.17, 15) is 4.79 Å². The van der Waals surface area contributed by atoms with E-state index in [-0.39, 0.29) is 11.9 Å². The number of carbonyl (C=O) groups excluding carboxylic acids is 1. The van der Waals surface area contributed by atoms with Crippen LogP contribution < -0.4 is 4.74 Å². The fraction of sp³-hybridized carbons (Fsp3) is 0.263. The van der Waals surface area contributed by atoms with Gasteiger partial charge < -0.3 is 14.1 Å². The molecule has 2 aromatic heterocycles. The number of furan rings is 1. The fourth-order valence-electron chi connectivity index (χ4n) is 3.11. The Hall–Kier alpha value is -3.02. The maximum Gasteiger partial charge on any atom is 0.274 e. The average molecular weight is 337 g/mol. The third-order valence-corrected chi connectivity index (χ3v) is 4.56. The number of amides is 1. The Bertz CT molecular complexity index is 912. The van der Waals surface area contributed by atoms with Gasteiger partial charge in [-0.15, -0.1) is 0 Å². The summed E-state index contributed by atoms with van der Waals surface area (Å²) in [6.07, 6.45) is 0.938.